The van der Waals surface area contributed by atoms with Gasteiger partial charge in [-0.25, -0.2) is 24.6 Å². The fourth-order valence-corrected chi connectivity index (χ4v) is 12.1. The largest absolute Gasteiger partial charge is 0.456 e. The summed E-state index contributed by atoms with van der Waals surface area (Å²) in [7, 11) is 0. The molecule has 4 bridgehead atoms. The Kier molecular flexibility index (Phi) is 7.90. The summed E-state index contributed by atoms with van der Waals surface area (Å²) >= 11 is 0. The lowest BCUT2D eigenvalue weighted by atomic mass is 9.41. The molecule has 0 radical (unpaired) electrons. The number of nitrogens with zero attached hydrogens (tertiary/aromatic N) is 5. The summed E-state index contributed by atoms with van der Waals surface area (Å²) in [6, 6.07) is 52.2. The van der Waals surface area contributed by atoms with Crippen molar-refractivity contribution in [2.75, 3.05) is 0 Å². The second-order valence-corrected chi connectivity index (χ2v) is 17.7. The molecular weight excluding hydrogens is 747 g/mol. The van der Waals surface area contributed by atoms with Gasteiger partial charge in [0.15, 0.2) is 28.8 Å². The molecule has 0 spiro atoms. The second kappa shape index (κ2) is 13.6. The van der Waals surface area contributed by atoms with Gasteiger partial charge in [-0.15, -0.1) is 0 Å². The van der Waals surface area contributed by atoms with Crippen molar-refractivity contribution in [2.24, 2.45) is 11.8 Å². The van der Waals surface area contributed by atoms with E-state index in [9.17, 15) is 0 Å². The Labute approximate surface area is 354 Å². The molecule has 0 N–H and O–H groups in total. The highest BCUT2D eigenvalue weighted by Gasteiger charge is 2.59. The second-order valence-electron chi connectivity index (χ2n) is 17.7. The maximum absolute atomic E-state index is 8.60. The quantitative estimate of drug-likeness (QED) is 0.158. The predicted octanol–water partition coefficient (Wildman–Crippen LogP) is 14.5. The topological polar surface area (TPSA) is 60.5 Å². The molecule has 4 aliphatic carbocycles. The zero-order chi connectivity index (χ0) is 40.7. The van der Waals surface area contributed by atoms with Crippen molar-refractivity contribution >= 4 is 44.1 Å². The van der Waals surface area contributed by atoms with Crippen molar-refractivity contribution in [1.82, 2.24) is 15.0 Å². The Hall–Kier alpha value is -7.41. The molecular formula is C55H39N5O. The lowest BCUT2D eigenvalue weighted by Crippen LogP contribution is -2.55. The Balaban J connectivity index is 0.930. The molecule has 2 atom stereocenters. The fraction of sp³-hybridized carbons (Fsp3) is 0.182. The van der Waals surface area contributed by atoms with Crippen LogP contribution >= 0.6 is 0 Å². The van der Waals surface area contributed by atoms with Gasteiger partial charge in [-0.1, -0.05) is 133 Å². The number of furan rings is 1. The van der Waals surface area contributed by atoms with Crippen LogP contribution in [-0.4, -0.2) is 15.0 Å². The van der Waals surface area contributed by atoms with Gasteiger partial charge < -0.3 is 4.42 Å². The van der Waals surface area contributed by atoms with Crippen LogP contribution in [-0.2, 0) is 10.8 Å². The van der Waals surface area contributed by atoms with Gasteiger partial charge in [0.2, 0.25) is 0 Å². The van der Waals surface area contributed by atoms with Crippen molar-refractivity contribution in [3.8, 4) is 45.3 Å². The third-order valence-corrected chi connectivity index (χ3v) is 14.1. The lowest BCUT2D eigenvalue weighted by Gasteiger charge is -2.63. The van der Waals surface area contributed by atoms with E-state index in [2.05, 4.69) is 76.4 Å². The summed E-state index contributed by atoms with van der Waals surface area (Å²) in [5, 5.41) is 4.10. The van der Waals surface area contributed by atoms with Crippen LogP contribution in [0.3, 0.4) is 0 Å². The summed E-state index contributed by atoms with van der Waals surface area (Å²) in [5.74, 6) is 2.96. The van der Waals surface area contributed by atoms with E-state index in [1.165, 1.54) is 36.0 Å². The Morgan fingerprint density at radius 3 is 1.92 bits per heavy atom. The molecule has 13 rings (SSSR count). The number of benzene rings is 7. The molecule has 290 valence electrons. The zero-order valence-electron chi connectivity index (χ0n) is 33.5. The molecule has 6 nitrogen and oxygen atoms in total. The minimum absolute atomic E-state index is 0.0651. The Morgan fingerprint density at radius 1 is 0.492 bits per heavy atom. The molecule has 7 aromatic carbocycles. The first-order chi connectivity index (χ1) is 30.0. The average molecular weight is 786 g/mol. The van der Waals surface area contributed by atoms with Crippen LogP contribution in [0.4, 0.5) is 11.4 Å². The first-order valence-electron chi connectivity index (χ1n) is 21.2. The van der Waals surface area contributed by atoms with Gasteiger partial charge in [0.05, 0.1) is 13.1 Å². The maximum atomic E-state index is 8.60. The van der Waals surface area contributed by atoms with E-state index in [1.807, 2.05) is 84.9 Å². The van der Waals surface area contributed by atoms with Crippen molar-refractivity contribution in [1.29, 1.82) is 0 Å². The normalized spacial score (nSPS) is 21.5. The molecule has 0 aliphatic heterocycles. The van der Waals surface area contributed by atoms with Crippen LogP contribution in [0.25, 0.3) is 87.7 Å². The van der Waals surface area contributed by atoms with Crippen LogP contribution in [0.5, 0.6) is 0 Å². The predicted molar refractivity (Wildman–Crippen MR) is 243 cm³/mol. The highest BCUT2D eigenvalue weighted by Crippen LogP contribution is 2.67. The smallest absolute Gasteiger partial charge is 0.194 e. The van der Waals surface area contributed by atoms with E-state index < -0.39 is 0 Å². The van der Waals surface area contributed by atoms with Gasteiger partial charge in [-0.05, 0) is 112 Å². The van der Waals surface area contributed by atoms with Crippen LogP contribution in [0.1, 0.15) is 49.7 Å². The van der Waals surface area contributed by atoms with Crippen molar-refractivity contribution in [3.05, 3.63) is 186 Å². The highest BCUT2D eigenvalue weighted by molar-refractivity contribution is 6.11. The molecule has 61 heavy (non-hydrogen) atoms. The van der Waals surface area contributed by atoms with Gasteiger partial charge >= 0.3 is 0 Å². The number of hydrogen-bond acceptors (Lipinski definition) is 4. The number of hydrogen-bond donors (Lipinski definition) is 0. The highest BCUT2D eigenvalue weighted by atomic mass is 16.3. The molecule has 2 aromatic heterocycles. The molecule has 2 unspecified atom stereocenters. The van der Waals surface area contributed by atoms with E-state index in [-0.39, 0.29) is 10.8 Å². The first-order valence-corrected chi connectivity index (χ1v) is 21.2. The van der Waals surface area contributed by atoms with Crippen LogP contribution < -0.4 is 0 Å². The van der Waals surface area contributed by atoms with E-state index in [1.54, 1.807) is 0 Å². The first kappa shape index (κ1) is 35.5. The Morgan fingerprint density at radius 2 is 1.11 bits per heavy atom. The van der Waals surface area contributed by atoms with Gasteiger partial charge in [-0.2, -0.15) is 0 Å². The number of fused-ring (bicyclic) bond motifs is 4. The summed E-state index contributed by atoms with van der Waals surface area (Å²) in [4.78, 5) is 23.3. The van der Waals surface area contributed by atoms with E-state index in [0.29, 0.717) is 40.7 Å². The minimum atomic E-state index is -0.0651. The van der Waals surface area contributed by atoms with Crippen LogP contribution in [0, 0.1) is 25.0 Å². The monoisotopic (exact) mass is 785 g/mol. The minimum Gasteiger partial charge on any atom is -0.456 e. The van der Waals surface area contributed by atoms with Crippen molar-refractivity contribution in [3.63, 3.8) is 0 Å². The number of aromatic nitrogens is 3. The third kappa shape index (κ3) is 5.63. The number of rotatable bonds is 6. The lowest BCUT2D eigenvalue weighted by molar-refractivity contribution is -0.0277. The number of para-hydroxylation sites is 1. The standard InChI is InChI=1S/C55H39N5O/c1-56-46-18-9-15-41-40(14-8-16-42(41)46)36-21-24-39(25-22-36)54-29-34-27-35(30-54)32-55(31-34,33-54)45-26-23-38(28-47(45)57-2)52-58-51(37-11-4-3-5-12-37)59-53(60-52)44-17-10-20-49-50(44)43-13-6-7-19-48(43)61-49/h3-26,28,34-35H,27,29-33H2. The molecule has 4 aliphatic rings. The summed E-state index contributed by atoms with van der Waals surface area (Å²) in [6.07, 6.45) is 6.98. The summed E-state index contributed by atoms with van der Waals surface area (Å²) in [6.45, 7) is 16.3. The van der Waals surface area contributed by atoms with E-state index >= 15 is 0 Å². The molecule has 4 saturated carbocycles. The average Bonchev–Trinajstić information content (AvgIpc) is 3.70. The van der Waals surface area contributed by atoms with Gasteiger partial charge in [-0.3, -0.25) is 0 Å². The van der Waals surface area contributed by atoms with Gasteiger partial charge in [0, 0.05) is 27.5 Å². The fourth-order valence-electron chi connectivity index (χ4n) is 12.1. The Bertz CT molecular complexity index is 3300. The van der Waals surface area contributed by atoms with Crippen molar-refractivity contribution < 1.29 is 4.42 Å². The summed E-state index contributed by atoms with van der Waals surface area (Å²) in [5.41, 5.74) is 10.5. The molecule has 4 fully saturated rings. The van der Waals surface area contributed by atoms with E-state index in [0.717, 1.165) is 74.2 Å². The van der Waals surface area contributed by atoms with E-state index in [4.69, 9.17) is 32.5 Å². The molecule has 0 saturated heterocycles. The van der Waals surface area contributed by atoms with Crippen molar-refractivity contribution in [2.45, 2.75) is 49.4 Å². The van der Waals surface area contributed by atoms with Crippen LogP contribution in [0.15, 0.2) is 156 Å². The third-order valence-electron chi connectivity index (χ3n) is 14.1. The molecule has 2 heterocycles. The maximum Gasteiger partial charge on any atom is 0.194 e. The molecule has 9 aromatic rings. The van der Waals surface area contributed by atoms with Gasteiger partial charge in [0.1, 0.15) is 11.2 Å². The SMILES string of the molecule is [C-]#[N+]c1cc(-c2nc(-c3ccccc3)nc(-c3cccc4oc5ccccc5c34)n2)ccc1C12CC3CC(CC(c4ccc(-c5cccc6c([N+]#[C-])cccc56)cc4)(C3)C1)C2. The van der Waals surface area contributed by atoms with Crippen LogP contribution in [0.2, 0.25) is 0 Å². The molecule has 0 amide bonds. The zero-order valence-corrected chi connectivity index (χ0v) is 33.5. The molecule has 6 heteroatoms. The summed E-state index contributed by atoms with van der Waals surface area (Å²) < 4.78 is 6.26. The van der Waals surface area contributed by atoms with Gasteiger partial charge in [0.25, 0.3) is 0 Å².